The van der Waals surface area contributed by atoms with E-state index in [4.69, 9.17) is 0 Å². The highest BCUT2D eigenvalue weighted by Gasteiger charge is 2.16. The fraction of sp³-hybridized carbons (Fsp3) is 0.556. The van der Waals surface area contributed by atoms with Gasteiger partial charge in [0.05, 0.1) is 0 Å². The third-order valence-electron chi connectivity index (χ3n) is 2.44. The van der Waals surface area contributed by atoms with E-state index in [-0.39, 0.29) is 5.56 Å². The van der Waals surface area contributed by atoms with Crippen LogP contribution in [0.1, 0.15) is 18.2 Å². The van der Waals surface area contributed by atoms with Crippen LogP contribution in [0.3, 0.4) is 0 Å². The maximum Gasteiger partial charge on any atom is 0.258 e. The zero-order chi connectivity index (χ0) is 9.42. The molecule has 2 heterocycles. The zero-order valence-corrected chi connectivity index (χ0v) is 7.92. The van der Waals surface area contributed by atoms with Crippen molar-refractivity contribution in [2.45, 2.75) is 26.8 Å². The standard InChI is InChI=1S/C9H13N3O/c1-3-7-6(2)11-9-10-4-5-12(9)8(7)13/h3-5H2,1-2H3,(H,10,11). The second-order valence-electron chi connectivity index (χ2n) is 3.24. The van der Waals surface area contributed by atoms with E-state index in [0.717, 1.165) is 36.7 Å². The first-order valence-corrected chi connectivity index (χ1v) is 4.58. The summed E-state index contributed by atoms with van der Waals surface area (Å²) in [6.07, 6.45) is 0.762. The smallest absolute Gasteiger partial charge is 0.258 e. The Morgan fingerprint density at radius 3 is 3.08 bits per heavy atom. The predicted molar refractivity (Wildman–Crippen MR) is 51.1 cm³/mol. The van der Waals surface area contributed by atoms with E-state index < -0.39 is 0 Å². The summed E-state index contributed by atoms with van der Waals surface area (Å²) < 4.78 is 1.71. The van der Waals surface area contributed by atoms with Crippen LogP contribution in [-0.2, 0) is 13.0 Å². The topological polar surface area (TPSA) is 46.9 Å². The molecule has 1 aliphatic rings. The van der Waals surface area contributed by atoms with Gasteiger partial charge in [-0.2, -0.15) is 0 Å². The van der Waals surface area contributed by atoms with Gasteiger partial charge in [0.1, 0.15) is 0 Å². The third-order valence-corrected chi connectivity index (χ3v) is 2.44. The first-order chi connectivity index (χ1) is 6.24. The van der Waals surface area contributed by atoms with Crippen LogP contribution in [-0.4, -0.2) is 16.1 Å². The van der Waals surface area contributed by atoms with Crippen molar-refractivity contribution >= 4 is 5.95 Å². The minimum Gasteiger partial charge on any atom is -0.354 e. The van der Waals surface area contributed by atoms with Gasteiger partial charge in [0, 0.05) is 24.3 Å². The van der Waals surface area contributed by atoms with Crippen LogP contribution >= 0.6 is 0 Å². The number of nitrogens with one attached hydrogen (secondary N) is 1. The van der Waals surface area contributed by atoms with Crippen molar-refractivity contribution in [1.82, 2.24) is 9.55 Å². The summed E-state index contributed by atoms with van der Waals surface area (Å²) in [7, 11) is 0. The molecule has 1 aliphatic heterocycles. The van der Waals surface area contributed by atoms with Gasteiger partial charge in [-0.25, -0.2) is 4.98 Å². The number of fused-ring (bicyclic) bond motifs is 1. The lowest BCUT2D eigenvalue weighted by Crippen LogP contribution is -2.24. The summed E-state index contributed by atoms with van der Waals surface area (Å²) in [4.78, 5) is 16.1. The Morgan fingerprint density at radius 1 is 1.62 bits per heavy atom. The predicted octanol–water partition coefficient (Wildman–Crippen LogP) is 0.540. The van der Waals surface area contributed by atoms with Crippen molar-refractivity contribution in [2.75, 3.05) is 11.9 Å². The van der Waals surface area contributed by atoms with E-state index in [1.54, 1.807) is 4.57 Å². The number of nitrogens with zero attached hydrogens (tertiary/aromatic N) is 2. The van der Waals surface area contributed by atoms with Gasteiger partial charge in [-0.05, 0) is 13.3 Å². The molecule has 0 saturated heterocycles. The van der Waals surface area contributed by atoms with Crippen LogP contribution in [0.4, 0.5) is 5.95 Å². The Balaban J connectivity index is 2.70. The summed E-state index contributed by atoms with van der Waals surface area (Å²) in [6.45, 7) is 5.44. The lowest BCUT2D eigenvalue weighted by molar-refractivity contribution is 0.741. The molecule has 4 nitrogen and oxygen atoms in total. The van der Waals surface area contributed by atoms with Gasteiger partial charge >= 0.3 is 0 Å². The number of aryl methyl sites for hydroxylation is 1. The highest BCUT2D eigenvalue weighted by molar-refractivity contribution is 5.34. The number of anilines is 1. The van der Waals surface area contributed by atoms with E-state index in [1.165, 1.54) is 0 Å². The molecule has 0 aliphatic carbocycles. The first-order valence-electron chi connectivity index (χ1n) is 4.58. The second-order valence-corrected chi connectivity index (χ2v) is 3.24. The zero-order valence-electron chi connectivity index (χ0n) is 7.92. The van der Waals surface area contributed by atoms with Gasteiger partial charge in [-0.15, -0.1) is 0 Å². The van der Waals surface area contributed by atoms with Gasteiger partial charge in [0.25, 0.3) is 5.56 Å². The largest absolute Gasteiger partial charge is 0.354 e. The lowest BCUT2D eigenvalue weighted by atomic mass is 10.2. The highest BCUT2D eigenvalue weighted by Crippen LogP contribution is 2.10. The van der Waals surface area contributed by atoms with Gasteiger partial charge in [-0.1, -0.05) is 6.92 Å². The quantitative estimate of drug-likeness (QED) is 0.684. The Kier molecular flexibility index (Phi) is 1.83. The molecule has 1 aromatic heterocycles. The molecule has 13 heavy (non-hydrogen) atoms. The third kappa shape index (κ3) is 1.13. The van der Waals surface area contributed by atoms with E-state index in [9.17, 15) is 4.79 Å². The summed E-state index contributed by atoms with van der Waals surface area (Å²) in [6, 6.07) is 0. The fourth-order valence-corrected chi connectivity index (χ4v) is 1.73. The van der Waals surface area contributed by atoms with Crippen molar-refractivity contribution in [2.24, 2.45) is 0 Å². The molecule has 0 unspecified atom stereocenters. The van der Waals surface area contributed by atoms with Gasteiger partial charge < -0.3 is 5.32 Å². The molecule has 0 bridgehead atoms. The van der Waals surface area contributed by atoms with Crippen molar-refractivity contribution in [3.8, 4) is 0 Å². The van der Waals surface area contributed by atoms with E-state index in [1.807, 2.05) is 13.8 Å². The normalized spacial score (nSPS) is 14.0. The van der Waals surface area contributed by atoms with Crippen LogP contribution in [0.5, 0.6) is 0 Å². The molecule has 1 aromatic rings. The number of aromatic nitrogens is 2. The number of rotatable bonds is 1. The lowest BCUT2D eigenvalue weighted by Gasteiger charge is -2.06. The Labute approximate surface area is 76.6 Å². The average molecular weight is 179 g/mol. The van der Waals surface area contributed by atoms with Gasteiger partial charge in [0.2, 0.25) is 5.95 Å². The van der Waals surface area contributed by atoms with Gasteiger partial charge in [-0.3, -0.25) is 9.36 Å². The Bertz CT molecular complexity index is 388. The molecule has 0 spiro atoms. The minimum absolute atomic E-state index is 0.120. The Hall–Kier alpha value is -1.32. The Morgan fingerprint density at radius 2 is 2.38 bits per heavy atom. The van der Waals surface area contributed by atoms with Crippen LogP contribution in [0, 0.1) is 6.92 Å². The molecule has 70 valence electrons. The molecule has 0 amide bonds. The van der Waals surface area contributed by atoms with E-state index in [2.05, 4.69) is 10.3 Å². The van der Waals surface area contributed by atoms with Gasteiger partial charge in [0.15, 0.2) is 0 Å². The van der Waals surface area contributed by atoms with Crippen LogP contribution in [0.25, 0.3) is 0 Å². The van der Waals surface area contributed by atoms with E-state index in [0.29, 0.717) is 0 Å². The summed E-state index contributed by atoms with van der Waals surface area (Å²) in [5.41, 5.74) is 1.82. The fourth-order valence-electron chi connectivity index (χ4n) is 1.73. The van der Waals surface area contributed by atoms with Crippen molar-refractivity contribution in [3.63, 3.8) is 0 Å². The minimum atomic E-state index is 0.120. The highest BCUT2D eigenvalue weighted by atomic mass is 16.1. The average Bonchev–Trinajstić information content (AvgIpc) is 2.53. The molecule has 0 fully saturated rings. The molecule has 0 saturated carbocycles. The van der Waals surface area contributed by atoms with E-state index >= 15 is 0 Å². The molecular formula is C9H13N3O. The number of hydrogen-bond donors (Lipinski definition) is 1. The first kappa shape index (κ1) is 8.29. The molecule has 2 rings (SSSR count). The summed E-state index contributed by atoms with van der Waals surface area (Å²) >= 11 is 0. The van der Waals surface area contributed by atoms with Crippen LogP contribution < -0.4 is 10.9 Å². The summed E-state index contributed by atoms with van der Waals surface area (Å²) in [5, 5.41) is 3.08. The van der Waals surface area contributed by atoms with Crippen molar-refractivity contribution in [3.05, 3.63) is 21.6 Å². The maximum atomic E-state index is 11.8. The van der Waals surface area contributed by atoms with Crippen molar-refractivity contribution in [1.29, 1.82) is 0 Å². The van der Waals surface area contributed by atoms with Crippen LogP contribution in [0.2, 0.25) is 0 Å². The maximum absolute atomic E-state index is 11.8. The molecular weight excluding hydrogens is 166 g/mol. The monoisotopic (exact) mass is 179 g/mol. The SMILES string of the molecule is CCc1c(C)nc2n(c1=O)CCN2. The molecule has 0 aromatic carbocycles. The van der Waals surface area contributed by atoms with Crippen molar-refractivity contribution < 1.29 is 0 Å². The second kappa shape index (κ2) is 2.87. The molecule has 1 N–H and O–H groups in total. The number of hydrogen-bond acceptors (Lipinski definition) is 3. The molecule has 0 radical (unpaired) electrons. The molecule has 4 heteroatoms. The molecule has 0 atom stereocenters. The summed E-state index contributed by atoms with van der Waals surface area (Å²) in [5.74, 6) is 0.722. The van der Waals surface area contributed by atoms with Crippen LogP contribution in [0.15, 0.2) is 4.79 Å².